The van der Waals surface area contributed by atoms with Crippen LogP contribution in [0.15, 0.2) is 0 Å². The van der Waals surface area contributed by atoms with E-state index in [2.05, 4.69) is 4.18 Å². The third-order valence-corrected chi connectivity index (χ3v) is 2.23. The standard InChI is InChI=1S/C5H9F3O3S/c1-2-12(9,10)11-4-3-5(6,7)8/h2-4H2,1H3. The predicted molar refractivity (Wildman–Crippen MR) is 36.1 cm³/mol. The van der Waals surface area contributed by atoms with Crippen molar-refractivity contribution in [2.75, 3.05) is 12.4 Å². The van der Waals surface area contributed by atoms with Gasteiger partial charge in [0.2, 0.25) is 0 Å². The molecule has 0 N–H and O–H groups in total. The van der Waals surface area contributed by atoms with Gasteiger partial charge >= 0.3 is 6.18 Å². The van der Waals surface area contributed by atoms with Gasteiger partial charge in [0.1, 0.15) is 0 Å². The second-order valence-electron chi connectivity index (χ2n) is 2.03. The van der Waals surface area contributed by atoms with Crippen molar-refractivity contribution in [1.29, 1.82) is 0 Å². The van der Waals surface area contributed by atoms with Crippen LogP contribution in [0.3, 0.4) is 0 Å². The SMILES string of the molecule is CCS(=O)(=O)OCCC(F)(F)F. The van der Waals surface area contributed by atoms with Crippen LogP contribution >= 0.6 is 0 Å². The van der Waals surface area contributed by atoms with Gasteiger partial charge in [-0.25, -0.2) is 0 Å². The molecule has 0 bridgehead atoms. The summed E-state index contributed by atoms with van der Waals surface area (Å²) in [4.78, 5) is 0. The van der Waals surface area contributed by atoms with Crippen molar-refractivity contribution in [1.82, 2.24) is 0 Å². The van der Waals surface area contributed by atoms with E-state index in [-0.39, 0.29) is 5.75 Å². The van der Waals surface area contributed by atoms with Crippen LogP contribution in [0.4, 0.5) is 13.2 Å². The molecule has 12 heavy (non-hydrogen) atoms. The Hall–Kier alpha value is -0.300. The lowest BCUT2D eigenvalue weighted by Gasteiger charge is -2.05. The Morgan fingerprint density at radius 2 is 1.83 bits per heavy atom. The van der Waals surface area contributed by atoms with E-state index in [0.29, 0.717) is 0 Å². The van der Waals surface area contributed by atoms with E-state index < -0.39 is 29.3 Å². The number of halogens is 3. The molecule has 0 rings (SSSR count). The fourth-order valence-corrected chi connectivity index (χ4v) is 0.872. The molecule has 7 heteroatoms. The average Bonchev–Trinajstić information content (AvgIpc) is 1.84. The first-order valence-electron chi connectivity index (χ1n) is 3.20. The third kappa shape index (κ3) is 6.41. The zero-order valence-corrected chi connectivity index (χ0v) is 7.20. The molecule has 0 aliphatic heterocycles. The fraction of sp³-hybridized carbons (Fsp3) is 1.00. The van der Waals surface area contributed by atoms with Crippen molar-refractivity contribution in [2.24, 2.45) is 0 Å². The van der Waals surface area contributed by atoms with Crippen molar-refractivity contribution < 1.29 is 25.8 Å². The lowest BCUT2D eigenvalue weighted by atomic mass is 10.5. The maximum Gasteiger partial charge on any atom is 0.391 e. The maximum atomic E-state index is 11.5. The van der Waals surface area contributed by atoms with Gasteiger partial charge in [0.05, 0.1) is 18.8 Å². The zero-order valence-electron chi connectivity index (χ0n) is 6.39. The van der Waals surface area contributed by atoms with Gasteiger partial charge in [-0.05, 0) is 6.92 Å². The first-order valence-corrected chi connectivity index (χ1v) is 4.78. The summed E-state index contributed by atoms with van der Waals surface area (Å²) in [6.45, 7) is 0.461. The van der Waals surface area contributed by atoms with Crippen LogP contribution in [0.1, 0.15) is 13.3 Å². The third-order valence-electron chi connectivity index (χ3n) is 1.00. The summed E-state index contributed by atoms with van der Waals surface area (Å²) in [6, 6.07) is 0. The van der Waals surface area contributed by atoms with Crippen molar-refractivity contribution in [3.8, 4) is 0 Å². The Kier molecular flexibility index (Phi) is 3.98. The van der Waals surface area contributed by atoms with Gasteiger partial charge in [0, 0.05) is 0 Å². The number of alkyl halides is 3. The smallest absolute Gasteiger partial charge is 0.270 e. The molecule has 0 spiro atoms. The topological polar surface area (TPSA) is 43.4 Å². The van der Waals surface area contributed by atoms with Crippen LogP contribution in [-0.4, -0.2) is 27.0 Å². The van der Waals surface area contributed by atoms with Crippen molar-refractivity contribution in [3.63, 3.8) is 0 Å². The largest absolute Gasteiger partial charge is 0.391 e. The van der Waals surface area contributed by atoms with E-state index in [1.807, 2.05) is 0 Å². The fourth-order valence-electron chi connectivity index (χ4n) is 0.368. The minimum Gasteiger partial charge on any atom is -0.270 e. The van der Waals surface area contributed by atoms with E-state index in [9.17, 15) is 21.6 Å². The highest BCUT2D eigenvalue weighted by atomic mass is 32.2. The first-order chi connectivity index (χ1) is 5.27. The molecule has 0 fully saturated rings. The number of hydrogen-bond donors (Lipinski definition) is 0. The molecule has 74 valence electrons. The highest BCUT2D eigenvalue weighted by Crippen LogP contribution is 2.19. The minimum atomic E-state index is -4.37. The van der Waals surface area contributed by atoms with Crippen molar-refractivity contribution >= 4 is 10.1 Å². The molecule has 0 saturated heterocycles. The van der Waals surface area contributed by atoms with E-state index in [1.54, 1.807) is 0 Å². The molecule has 0 atom stereocenters. The van der Waals surface area contributed by atoms with Crippen molar-refractivity contribution in [3.05, 3.63) is 0 Å². The Morgan fingerprint density at radius 3 is 2.17 bits per heavy atom. The zero-order chi connectivity index (χ0) is 9.83. The summed E-state index contributed by atoms with van der Waals surface area (Å²) in [5.74, 6) is -0.315. The highest BCUT2D eigenvalue weighted by molar-refractivity contribution is 7.86. The maximum absolute atomic E-state index is 11.5. The highest BCUT2D eigenvalue weighted by Gasteiger charge is 2.27. The molecule has 0 aromatic carbocycles. The monoisotopic (exact) mass is 206 g/mol. The molecular formula is C5H9F3O3S. The second kappa shape index (κ2) is 4.08. The Labute approximate surface area is 68.6 Å². The molecule has 0 amide bonds. The summed E-state index contributed by atoms with van der Waals surface area (Å²) >= 11 is 0. The predicted octanol–water partition coefficient (Wildman–Crippen LogP) is 1.31. The van der Waals surface area contributed by atoms with Crippen LogP contribution in [0.5, 0.6) is 0 Å². The molecule has 0 radical (unpaired) electrons. The molecule has 0 aliphatic carbocycles. The molecule has 0 aliphatic rings. The summed E-state index contributed by atoms with van der Waals surface area (Å²) in [5, 5.41) is 0. The summed E-state index contributed by atoms with van der Waals surface area (Å²) < 4.78 is 59.4. The molecule has 0 aromatic rings. The number of hydrogen-bond acceptors (Lipinski definition) is 3. The Morgan fingerprint density at radius 1 is 1.33 bits per heavy atom. The van der Waals surface area contributed by atoms with Crippen LogP contribution < -0.4 is 0 Å². The number of rotatable bonds is 4. The second-order valence-corrected chi connectivity index (χ2v) is 3.96. The van der Waals surface area contributed by atoms with Crippen LogP contribution in [0.2, 0.25) is 0 Å². The van der Waals surface area contributed by atoms with Gasteiger partial charge in [0.25, 0.3) is 10.1 Å². The quantitative estimate of drug-likeness (QED) is 0.651. The van der Waals surface area contributed by atoms with Gasteiger partial charge in [-0.3, -0.25) is 4.18 Å². The summed E-state index contributed by atoms with van der Waals surface area (Å²) in [7, 11) is -3.74. The van der Waals surface area contributed by atoms with Gasteiger partial charge in [0.15, 0.2) is 0 Å². The average molecular weight is 206 g/mol. The van der Waals surface area contributed by atoms with Gasteiger partial charge in [-0.1, -0.05) is 0 Å². The van der Waals surface area contributed by atoms with Crippen LogP contribution in [-0.2, 0) is 14.3 Å². The van der Waals surface area contributed by atoms with Gasteiger partial charge < -0.3 is 0 Å². The Balaban J connectivity index is 3.73. The van der Waals surface area contributed by atoms with Gasteiger partial charge in [-0.15, -0.1) is 0 Å². The Bertz CT molecular complexity index is 219. The van der Waals surface area contributed by atoms with E-state index in [1.165, 1.54) is 6.92 Å². The summed E-state index contributed by atoms with van der Waals surface area (Å²) in [6.07, 6.45) is -5.62. The van der Waals surface area contributed by atoms with E-state index in [0.717, 1.165) is 0 Å². The lowest BCUT2D eigenvalue weighted by Crippen LogP contribution is -2.15. The summed E-state index contributed by atoms with van der Waals surface area (Å²) in [5.41, 5.74) is 0. The normalized spacial score (nSPS) is 13.3. The molecule has 0 aromatic heterocycles. The lowest BCUT2D eigenvalue weighted by molar-refractivity contribution is -0.139. The molecular weight excluding hydrogens is 197 g/mol. The van der Waals surface area contributed by atoms with E-state index >= 15 is 0 Å². The minimum absolute atomic E-state index is 0.315. The first kappa shape index (κ1) is 11.7. The molecule has 3 nitrogen and oxygen atoms in total. The van der Waals surface area contributed by atoms with E-state index in [4.69, 9.17) is 0 Å². The molecule has 0 unspecified atom stereocenters. The van der Waals surface area contributed by atoms with Crippen molar-refractivity contribution in [2.45, 2.75) is 19.5 Å². The van der Waals surface area contributed by atoms with Crippen LogP contribution in [0.25, 0.3) is 0 Å². The van der Waals surface area contributed by atoms with Crippen LogP contribution in [0, 0.1) is 0 Å². The van der Waals surface area contributed by atoms with Gasteiger partial charge in [-0.2, -0.15) is 21.6 Å². The molecule has 0 heterocycles. The molecule has 0 saturated carbocycles.